The average molecular weight is 231 g/mol. The molecule has 1 N–H and O–H groups in total. The quantitative estimate of drug-likeness (QED) is 0.845. The maximum Gasteiger partial charge on any atom is 0.0649 e. The summed E-state index contributed by atoms with van der Waals surface area (Å²) in [6, 6.07) is 11.9. The Balaban J connectivity index is 1.74. The molecule has 2 heteroatoms. The van der Waals surface area contributed by atoms with E-state index in [0.29, 0.717) is 12.1 Å². The van der Waals surface area contributed by atoms with E-state index >= 15 is 0 Å². The molecule has 2 saturated heterocycles. The fraction of sp³-hybridized carbons (Fsp3) is 0.600. The van der Waals surface area contributed by atoms with Gasteiger partial charge in [-0.1, -0.05) is 30.3 Å². The normalized spacial score (nSPS) is 37.3. The minimum Gasteiger partial charge on any atom is -0.390 e. The van der Waals surface area contributed by atoms with Crippen LogP contribution in [0.15, 0.2) is 30.3 Å². The average Bonchev–Trinajstić information content (AvgIpc) is 2.55. The second-order valence-electron chi connectivity index (χ2n) is 5.95. The number of fused-ring (bicyclic) bond motifs is 2. The SMILES string of the molecule is C[C@@]1(O)C[C@H]2CC[C@@H](C1)N2Cc1ccccc1. The summed E-state index contributed by atoms with van der Waals surface area (Å²) in [5.41, 5.74) is 0.963. The van der Waals surface area contributed by atoms with Gasteiger partial charge in [0.1, 0.15) is 0 Å². The van der Waals surface area contributed by atoms with Gasteiger partial charge in [-0.2, -0.15) is 0 Å². The maximum atomic E-state index is 10.2. The number of piperidine rings is 1. The molecule has 2 aliphatic rings. The van der Waals surface area contributed by atoms with E-state index in [2.05, 4.69) is 35.2 Å². The Bertz CT molecular complexity index is 371. The van der Waals surface area contributed by atoms with Crippen LogP contribution in [0.25, 0.3) is 0 Å². The van der Waals surface area contributed by atoms with Gasteiger partial charge in [0, 0.05) is 18.6 Å². The summed E-state index contributed by atoms with van der Waals surface area (Å²) in [7, 11) is 0. The van der Waals surface area contributed by atoms with Crippen LogP contribution >= 0.6 is 0 Å². The van der Waals surface area contributed by atoms with E-state index in [4.69, 9.17) is 0 Å². The van der Waals surface area contributed by atoms with Crippen molar-refractivity contribution in [3.63, 3.8) is 0 Å². The Labute approximate surface area is 103 Å². The van der Waals surface area contributed by atoms with Crippen molar-refractivity contribution in [2.45, 2.75) is 56.8 Å². The van der Waals surface area contributed by atoms with Gasteiger partial charge in [0.05, 0.1) is 5.60 Å². The number of aliphatic hydroxyl groups is 1. The van der Waals surface area contributed by atoms with Gasteiger partial charge in [0.2, 0.25) is 0 Å². The summed E-state index contributed by atoms with van der Waals surface area (Å²) in [5.74, 6) is 0. The highest BCUT2D eigenvalue weighted by atomic mass is 16.3. The number of hydrogen-bond donors (Lipinski definition) is 1. The Morgan fingerprint density at radius 2 is 1.76 bits per heavy atom. The molecule has 0 radical (unpaired) electrons. The van der Waals surface area contributed by atoms with Crippen molar-refractivity contribution in [1.82, 2.24) is 4.90 Å². The smallest absolute Gasteiger partial charge is 0.0649 e. The molecule has 0 amide bonds. The number of rotatable bonds is 2. The molecule has 0 saturated carbocycles. The van der Waals surface area contributed by atoms with Crippen molar-refractivity contribution in [3.05, 3.63) is 35.9 Å². The Kier molecular flexibility index (Phi) is 2.72. The second-order valence-corrected chi connectivity index (χ2v) is 5.95. The predicted molar refractivity (Wildman–Crippen MR) is 68.7 cm³/mol. The molecule has 0 aliphatic carbocycles. The first-order valence-corrected chi connectivity index (χ1v) is 6.66. The van der Waals surface area contributed by atoms with Crippen molar-refractivity contribution in [2.24, 2.45) is 0 Å². The molecule has 2 fully saturated rings. The third-order valence-corrected chi connectivity index (χ3v) is 4.33. The first-order valence-electron chi connectivity index (χ1n) is 6.66. The monoisotopic (exact) mass is 231 g/mol. The fourth-order valence-corrected chi connectivity index (χ4v) is 3.60. The summed E-state index contributed by atoms with van der Waals surface area (Å²) >= 11 is 0. The molecule has 2 heterocycles. The van der Waals surface area contributed by atoms with Crippen LogP contribution in [0.3, 0.4) is 0 Å². The molecule has 2 aliphatic heterocycles. The van der Waals surface area contributed by atoms with E-state index in [1.165, 1.54) is 18.4 Å². The van der Waals surface area contributed by atoms with E-state index in [1.54, 1.807) is 0 Å². The lowest BCUT2D eigenvalue weighted by Crippen LogP contribution is -2.49. The molecule has 2 bridgehead atoms. The van der Waals surface area contributed by atoms with Gasteiger partial charge in [-0.25, -0.2) is 0 Å². The van der Waals surface area contributed by atoms with Crippen LogP contribution in [0.1, 0.15) is 38.2 Å². The Morgan fingerprint density at radius 1 is 1.18 bits per heavy atom. The Hall–Kier alpha value is -0.860. The zero-order chi connectivity index (χ0) is 11.9. The van der Waals surface area contributed by atoms with Crippen molar-refractivity contribution < 1.29 is 5.11 Å². The molecule has 2 nitrogen and oxygen atoms in total. The molecule has 17 heavy (non-hydrogen) atoms. The highest BCUT2D eigenvalue weighted by molar-refractivity contribution is 5.16. The van der Waals surface area contributed by atoms with Gasteiger partial charge in [-0.05, 0) is 38.2 Å². The predicted octanol–water partition coefficient (Wildman–Crippen LogP) is 2.56. The highest BCUT2D eigenvalue weighted by Gasteiger charge is 2.44. The van der Waals surface area contributed by atoms with Gasteiger partial charge in [0.15, 0.2) is 0 Å². The largest absolute Gasteiger partial charge is 0.390 e. The van der Waals surface area contributed by atoms with Gasteiger partial charge >= 0.3 is 0 Å². The summed E-state index contributed by atoms with van der Waals surface area (Å²) in [5, 5.41) is 10.2. The minimum absolute atomic E-state index is 0.432. The molecule has 0 aromatic heterocycles. The van der Waals surface area contributed by atoms with Crippen molar-refractivity contribution in [3.8, 4) is 0 Å². The third kappa shape index (κ3) is 2.24. The first kappa shape index (κ1) is 11.2. The molecular formula is C15H21NO. The second kappa shape index (κ2) is 4.11. The van der Waals surface area contributed by atoms with Crippen LogP contribution < -0.4 is 0 Å². The molecule has 3 atom stereocenters. The summed E-state index contributed by atoms with van der Waals surface area (Å²) in [6.45, 7) is 3.05. The van der Waals surface area contributed by atoms with Crippen LogP contribution in [0.5, 0.6) is 0 Å². The van der Waals surface area contributed by atoms with Gasteiger partial charge in [-0.3, -0.25) is 4.90 Å². The number of nitrogens with zero attached hydrogens (tertiary/aromatic N) is 1. The minimum atomic E-state index is -0.432. The number of hydrogen-bond acceptors (Lipinski definition) is 2. The molecule has 1 aromatic carbocycles. The fourth-order valence-electron chi connectivity index (χ4n) is 3.60. The van der Waals surface area contributed by atoms with Crippen LogP contribution in [-0.2, 0) is 6.54 Å². The van der Waals surface area contributed by atoms with E-state index < -0.39 is 5.60 Å². The van der Waals surface area contributed by atoms with Crippen molar-refractivity contribution in [2.75, 3.05) is 0 Å². The van der Waals surface area contributed by atoms with Gasteiger partial charge in [0.25, 0.3) is 0 Å². The van der Waals surface area contributed by atoms with Gasteiger partial charge < -0.3 is 5.11 Å². The van der Waals surface area contributed by atoms with E-state index in [0.717, 1.165) is 19.4 Å². The standard InChI is InChI=1S/C15H21NO/c1-15(17)9-13-7-8-14(10-15)16(13)11-12-5-3-2-4-6-12/h2-6,13-14,17H,7-11H2,1H3/t13-,14+,15-. The third-order valence-electron chi connectivity index (χ3n) is 4.33. The molecule has 1 aromatic rings. The molecule has 92 valence electrons. The lowest BCUT2D eigenvalue weighted by Gasteiger charge is -2.42. The lowest BCUT2D eigenvalue weighted by molar-refractivity contribution is -0.0412. The Morgan fingerprint density at radius 3 is 2.35 bits per heavy atom. The highest BCUT2D eigenvalue weighted by Crippen LogP contribution is 2.41. The molecular weight excluding hydrogens is 210 g/mol. The summed E-state index contributed by atoms with van der Waals surface area (Å²) in [6.07, 6.45) is 4.40. The van der Waals surface area contributed by atoms with Crippen LogP contribution in [0, 0.1) is 0 Å². The zero-order valence-corrected chi connectivity index (χ0v) is 10.5. The number of benzene rings is 1. The summed E-state index contributed by atoms with van der Waals surface area (Å²) in [4.78, 5) is 2.60. The molecule has 0 unspecified atom stereocenters. The maximum absolute atomic E-state index is 10.2. The van der Waals surface area contributed by atoms with Crippen molar-refractivity contribution in [1.29, 1.82) is 0 Å². The first-order chi connectivity index (χ1) is 8.14. The topological polar surface area (TPSA) is 23.5 Å². The van der Waals surface area contributed by atoms with E-state index in [9.17, 15) is 5.11 Å². The molecule has 0 spiro atoms. The lowest BCUT2D eigenvalue weighted by atomic mass is 9.87. The van der Waals surface area contributed by atoms with E-state index in [-0.39, 0.29) is 0 Å². The molecule has 3 rings (SSSR count). The van der Waals surface area contributed by atoms with Crippen LogP contribution in [0.2, 0.25) is 0 Å². The summed E-state index contributed by atoms with van der Waals surface area (Å²) < 4.78 is 0. The zero-order valence-electron chi connectivity index (χ0n) is 10.5. The van der Waals surface area contributed by atoms with Crippen LogP contribution in [0.4, 0.5) is 0 Å². The van der Waals surface area contributed by atoms with Crippen LogP contribution in [-0.4, -0.2) is 27.7 Å². The van der Waals surface area contributed by atoms with Gasteiger partial charge in [-0.15, -0.1) is 0 Å². The van der Waals surface area contributed by atoms with E-state index in [1.807, 2.05) is 6.92 Å². The van der Waals surface area contributed by atoms with Crippen molar-refractivity contribution >= 4 is 0 Å².